The van der Waals surface area contributed by atoms with Crippen LogP contribution >= 0.6 is 19.6 Å². The van der Waals surface area contributed by atoms with E-state index in [1.165, 1.54) is 0 Å². The first-order valence-electron chi connectivity index (χ1n) is 7.71. The number of halogens is 7. The van der Waals surface area contributed by atoms with Crippen molar-refractivity contribution in [2.45, 2.75) is 24.0 Å². The number of hydrogen-bond donors (Lipinski definition) is 2. The van der Waals surface area contributed by atoms with E-state index in [1.54, 1.807) is 0 Å². The highest BCUT2D eigenvalue weighted by Crippen LogP contribution is 2.46. The Bertz CT molecular complexity index is 1000. The summed E-state index contributed by atoms with van der Waals surface area (Å²) in [6, 6.07) is 0. The lowest BCUT2D eigenvalue weighted by Gasteiger charge is -2.17. The molecule has 0 aliphatic carbocycles. The number of carbonyl (C=O) groups excluding carboxylic acids is 2. The fraction of sp³-hybridized carbons (Fsp3) is 0.500. The molecule has 0 spiro atoms. The van der Waals surface area contributed by atoms with Crippen molar-refractivity contribution in [1.82, 2.24) is 9.55 Å². The van der Waals surface area contributed by atoms with Gasteiger partial charge in [-0.25, -0.2) is 18.5 Å². The lowest BCUT2D eigenvalue weighted by molar-refractivity contribution is -0.191. The van der Waals surface area contributed by atoms with Crippen molar-refractivity contribution in [3.8, 4) is 0 Å². The maximum absolute atomic E-state index is 13.9. The van der Waals surface area contributed by atoms with Gasteiger partial charge in [0.25, 0.3) is 0 Å². The van der Waals surface area contributed by atoms with E-state index < -0.39 is 67.6 Å². The van der Waals surface area contributed by atoms with E-state index in [1.807, 2.05) is 0 Å². The summed E-state index contributed by atoms with van der Waals surface area (Å²) in [6.07, 6.45) is -11.9. The third-order valence-corrected chi connectivity index (χ3v) is 5.21. The van der Waals surface area contributed by atoms with Crippen molar-refractivity contribution in [1.29, 1.82) is 0 Å². The minimum Gasteiger partial charge on any atom is -0.364 e. The highest BCUT2D eigenvalue weighted by atomic mass is 32.2. The molecule has 3 atom stereocenters. The third kappa shape index (κ3) is 6.89. The maximum Gasteiger partial charge on any atom is 0.529 e. The van der Waals surface area contributed by atoms with Crippen molar-refractivity contribution in [3.05, 3.63) is 22.5 Å². The molecule has 1 amide bonds. The molecular formula is C12H9F7N3O8PS. The Morgan fingerprint density at radius 2 is 1.94 bits per heavy atom. The second-order valence-corrected chi connectivity index (χ2v) is 8.14. The van der Waals surface area contributed by atoms with Gasteiger partial charge in [0.15, 0.2) is 11.6 Å². The van der Waals surface area contributed by atoms with E-state index in [-0.39, 0.29) is 5.75 Å². The SMILES string of the molecule is O=C(Nc1nc(=O)n([C@@H]2CS[C@H](COP(=O)(O)OC(=O)C(F)(F)F)O2)cc1F)C(F)(F)F. The molecule has 0 aromatic carbocycles. The normalized spacial score (nSPS) is 21.1. The molecule has 32 heavy (non-hydrogen) atoms. The van der Waals surface area contributed by atoms with Crippen LogP contribution in [0.3, 0.4) is 0 Å². The Balaban J connectivity index is 2.01. The van der Waals surface area contributed by atoms with Crippen molar-refractivity contribution in [2.24, 2.45) is 0 Å². The molecule has 1 unspecified atom stereocenters. The minimum atomic E-state index is -5.56. The van der Waals surface area contributed by atoms with Gasteiger partial charge in [-0.1, -0.05) is 0 Å². The largest absolute Gasteiger partial charge is 0.529 e. The number of phosphoric acid groups is 1. The average Bonchev–Trinajstić information content (AvgIpc) is 3.09. The first kappa shape index (κ1) is 26.0. The predicted octanol–water partition coefficient (Wildman–Crippen LogP) is 1.69. The number of carbonyl (C=O) groups is 2. The quantitative estimate of drug-likeness (QED) is 0.421. The van der Waals surface area contributed by atoms with E-state index in [4.69, 9.17) is 9.63 Å². The van der Waals surface area contributed by atoms with Crippen LogP contribution in [-0.4, -0.2) is 56.5 Å². The van der Waals surface area contributed by atoms with Gasteiger partial charge in [-0.2, -0.15) is 31.3 Å². The Hall–Kier alpha value is -2.21. The van der Waals surface area contributed by atoms with Gasteiger partial charge in [-0.15, -0.1) is 11.8 Å². The molecule has 11 nitrogen and oxygen atoms in total. The van der Waals surface area contributed by atoms with Crippen LogP contribution in [0.1, 0.15) is 6.23 Å². The summed E-state index contributed by atoms with van der Waals surface area (Å²) in [5, 5.41) is 1.07. The average molecular weight is 519 g/mol. The van der Waals surface area contributed by atoms with Crippen LogP contribution in [0.15, 0.2) is 11.0 Å². The molecule has 1 saturated heterocycles. The number of amides is 1. The van der Waals surface area contributed by atoms with Crippen molar-refractivity contribution in [2.75, 3.05) is 17.7 Å². The minimum absolute atomic E-state index is 0.165. The molecule has 1 fully saturated rings. The first-order chi connectivity index (χ1) is 14.5. The monoisotopic (exact) mass is 519 g/mol. The van der Waals surface area contributed by atoms with E-state index in [0.717, 1.165) is 17.1 Å². The number of anilines is 1. The number of thioether (sulfide) groups is 1. The topological polar surface area (TPSA) is 146 Å². The number of hydrogen-bond acceptors (Lipinski definition) is 9. The van der Waals surface area contributed by atoms with Crippen LogP contribution in [0.2, 0.25) is 0 Å². The summed E-state index contributed by atoms with van der Waals surface area (Å²) in [4.78, 5) is 45.4. The first-order valence-corrected chi connectivity index (χ1v) is 10.3. The zero-order chi connectivity index (χ0) is 24.5. The Kier molecular flexibility index (Phi) is 7.60. The summed E-state index contributed by atoms with van der Waals surface area (Å²) >= 11 is 0.773. The van der Waals surface area contributed by atoms with Crippen LogP contribution in [0, 0.1) is 5.82 Å². The molecule has 1 aromatic rings. The number of aromatic nitrogens is 2. The number of phosphoric ester groups is 1. The van der Waals surface area contributed by atoms with Crippen LogP contribution in [0.4, 0.5) is 36.6 Å². The molecule has 2 N–H and O–H groups in total. The Labute approximate surface area is 175 Å². The number of nitrogens with zero attached hydrogens (tertiary/aromatic N) is 2. The lowest BCUT2D eigenvalue weighted by Crippen LogP contribution is -2.34. The fourth-order valence-electron chi connectivity index (χ4n) is 1.93. The maximum atomic E-state index is 13.9. The van der Waals surface area contributed by atoms with E-state index in [0.29, 0.717) is 10.8 Å². The van der Waals surface area contributed by atoms with Gasteiger partial charge >= 0.3 is 37.7 Å². The number of ether oxygens (including phenoxy) is 1. The third-order valence-electron chi connectivity index (χ3n) is 3.24. The molecule has 180 valence electrons. The summed E-state index contributed by atoms with van der Waals surface area (Å²) < 4.78 is 111. The van der Waals surface area contributed by atoms with Crippen LogP contribution in [-0.2, 0) is 27.9 Å². The van der Waals surface area contributed by atoms with Crippen molar-refractivity contribution in [3.63, 3.8) is 0 Å². The fourth-order valence-corrected chi connectivity index (χ4v) is 3.71. The molecule has 1 aliphatic heterocycles. The molecule has 0 saturated carbocycles. The van der Waals surface area contributed by atoms with Gasteiger partial charge in [-0.3, -0.25) is 18.8 Å². The summed E-state index contributed by atoms with van der Waals surface area (Å²) in [5.74, 6) is -8.56. The van der Waals surface area contributed by atoms with Gasteiger partial charge in [-0.05, 0) is 0 Å². The molecule has 2 rings (SSSR count). The zero-order valence-corrected chi connectivity index (χ0v) is 16.6. The smallest absolute Gasteiger partial charge is 0.364 e. The van der Waals surface area contributed by atoms with Crippen molar-refractivity contribution >= 4 is 37.3 Å². The van der Waals surface area contributed by atoms with Gasteiger partial charge in [0, 0.05) is 5.75 Å². The zero-order valence-electron chi connectivity index (χ0n) is 14.8. The van der Waals surface area contributed by atoms with E-state index in [9.17, 15) is 49.7 Å². The summed E-state index contributed by atoms with van der Waals surface area (Å²) in [6.45, 7) is -0.912. The number of alkyl halides is 6. The molecule has 20 heteroatoms. The second-order valence-electron chi connectivity index (χ2n) is 5.57. The summed E-state index contributed by atoms with van der Waals surface area (Å²) in [7, 11) is -5.48. The van der Waals surface area contributed by atoms with Gasteiger partial charge in [0.1, 0.15) is 11.7 Å². The molecule has 0 radical (unpaired) electrons. The van der Waals surface area contributed by atoms with Crippen LogP contribution in [0.5, 0.6) is 0 Å². The van der Waals surface area contributed by atoms with E-state index in [2.05, 4.69) is 14.0 Å². The standard InChI is InChI=1S/C12H9F7N3O8PS/c13-4-1-22(10(25)21-7(4)20-8(23)11(14,15)16)5-3-32-6(29-5)2-28-31(26,27)30-9(24)12(17,18)19/h1,5-6H,2-3H2,(H,26,27)(H,20,21,23,25)/t5-,6+/m0/s1. The predicted molar refractivity (Wildman–Crippen MR) is 87.4 cm³/mol. The van der Waals surface area contributed by atoms with Crippen LogP contribution < -0.4 is 11.0 Å². The highest BCUT2D eigenvalue weighted by molar-refractivity contribution is 8.00. The molecule has 2 heterocycles. The highest BCUT2D eigenvalue weighted by Gasteiger charge is 2.46. The van der Waals surface area contributed by atoms with Gasteiger partial charge < -0.3 is 14.6 Å². The molecule has 0 bridgehead atoms. The summed E-state index contributed by atoms with van der Waals surface area (Å²) in [5.41, 5.74) is -2.56. The second kappa shape index (κ2) is 9.34. The van der Waals surface area contributed by atoms with Crippen LogP contribution in [0.25, 0.3) is 0 Å². The van der Waals surface area contributed by atoms with Gasteiger partial charge in [0.05, 0.1) is 12.8 Å². The molecule has 1 aliphatic rings. The number of nitrogens with one attached hydrogen (secondary N) is 1. The lowest BCUT2D eigenvalue weighted by atomic mass is 10.4. The Morgan fingerprint density at radius 1 is 1.31 bits per heavy atom. The molecular weight excluding hydrogens is 510 g/mol. The van der Waals surface area contributed by atoms with Gasteiger partial charge in [0.2, 0.25) is 0 Å². The number of rotatable bonds is 6. The Morgan fingerprint density at radius 3 is 2.50 bits per heavy atom. The van der Waals surface area contributed by atoms with Crippen molar-refractivity contribution < 1.29 is 63.6 Å². The molecule has 1 aromatic heterocycles. The van der Waals surface area contributed by atoms with E-state index >= 15 is 0 Å².